The van der Waals surface area contributed by atoms with Crippen molar-refractivity contribution in [3.05, 3.63) is 99.6 Å². The van der Waals surface area contributed by atoms with Gasteiger partial charge in [-0.1, -0.05) is 56.1 Å². The third-order valence-corrected chi connectivity index (χ3v) is 8.58. The first kappa shape index (κ1) is 29.9. The van der Waals surface area contributed by atoms with E-state index in [2.05, 4.69) is 38.1 Å². The number of amides is 1. The number of pyridine rings is 1. The van der Waals surface area contributed by atoms with Crippen LogP contribution in [0.15, 0.2) is 66.9 Å². The molecule has 2 N–H and O–H groups in total. The molecule has 1 fully saturated rings. The van der Waals surface area contributed by atoms with Crippen LogP contribution in [-0.4, -0.2) is 27.7 Å². The standard InChI is InChI=1S/C32H33Cl2N5O2S/c1-18-16-21(19(2)38(18)25-12-9-10-22(33)27(25)34)29-28(24-11-7-8-15-35-24)37-31(42)39(29)20-13-14-23(26(17-20)41-6)36-30(40)32(3,4)5/h7-17,28-29H,1-6H3,(H,36,40)(H,37,42)/t28-,29+/m1/s1. The number of rotatable bonds is 6. The molecule has 0 unspecified atom stereocenters. The van der Waals surface area contributed by atoms with Crippen LogP contribution in [0, 0.1) is 19.3 Å². The van der Waals surface area contributed by atoms with Crippen molar-refractivity contribution in [1.82, 2.24) is 14.9 Å². The van der Waals surface area contributed by atoms with E-state index in [0.717, 1.165) is 34.0 Å². The number of methoxy groups -OCH3 is 1. The van der Waals surface area contributed by atoms with E-state index in [-0.39, 0.29) is 18.0 Å². The zero-order valence-corrected chi connectivity index (χ0v) is 26.7. The van der Waals surface area contributed by atoms with E-state index >= 15 is 0 Å². The van der Waals surface area contributed by atoms with Crippen molar-refractivity contribution in [2.24, 2.45) is 5.41 Å². The average molecular weight is 623 g/mol. The summed E-state index contributed by atoms with van der Waals surface area (Å²) in [4.78, 5) is 19.5. The van der Waals surface area contributed by atoms with Gasteiger partial charge >= 0.3 is 0 Å². The third kappa shape index (κ3) is 5.46. The number of hydrogen-bond donors (Lipinski definition) is 2. The van der Waals surface area contributed by atoms with E-state index in [1.165, 1.54) is 0 Å². The number of carbonyl (C=O) groups is 1. The molecule has 7 nitrogen and oxygen atoms in total. The number of benzene rings is 2. The summed E-state index contributed by atoms with van der Waals surface area (Å²) in [5.41, 5.74) is 5.56. The van der Waals surface area contributed by atoms with E-state index in [9.17, 15) is 4.79 Å². The first-order valence-electron chi connectivity index (χ1n) is 13.6. The fourth-order valence-corrected chi connectivity index (χ4v) is 6.04. The van der Waals surface area contributed by atoms with E-state index in [0.29, 0.717) is 26.6 Å². The van der Waals surface area contributed by atoms with Gasteiger partial charge < -0.3 is 24.8 Å². The maximum atomic E-state index is 12.7. The molecule has 1 aliphatic rings. The zero-order chi connectivity index (χ0) is 30.3. The number of nitrogens with one attached hydrogen (secondary N) is 2. The number of halogens is 2. The van der Waals surface area contributed by atoms with Gasteiger partial charge in [0.05, 0.1) is 46.3 Å². The maximum absolute atomic E-state index is 12.7. The number of anilines is 2. The molecule has 1 saturated heterocycles. The Bertz CT molecular complexity index is 1670. The molecule has 2 aromatic heterocycles. The highest BCUT2D eigenvalue weighted by atomic mass is 35.5. The maximum Gasteiger partial charge on any atom is 0.229 e. The van der Waals surface area contributed by atoms with Gasteiger partial charge in [-0.2, -0.15) is 0 Å². The lowest BCUT2D eigenvalue weighted by Crippen LogP contribution is -2.30. The summed E-state index contributed by atoms with van der Waals surface area (Å²) >= 11 is 19.0. The number of thiocarbonyl (C=S) groups is 1. The predicted molar refractivity (Wildman–Crippen MR) is 174 cm³/mol. The van der Waals surface area contributed by atoms with Crippen molar-refractivity contribution in [3.63, 3.8) is 0 Å². The zero-order valence-electron chi connectivity index (χ0n) is 24.3. The highest BCUT2D eigenvalue weighted by Gasteiger charge is 2.42. The number of ether oxygens (including phenoxy) is 1. The predicted octanol–water partition coefficient (Wildman–Crippen LogP) is 7.97. The first-order valence-corrected chi connectivity index (χ1v) is 14.7. The Morgan fingerprint density at radius 2 is 1.83 bits per heavy atom. The molecule has 0 radical (unpaired) electrons. The Kier molecular flexibility index (Phi) is 8.25. The molecular weight excluding hydrogens is 589 g/mol. The molecule has 1 amide bonds. The van der Waals surface area contributed by atoms with E-state index < -0.39 is 5.41 Å². The summed E-state index contributed by atoms with van der Waals surface area (Å²) in [5.74, 6) is 0.427. The summed E-state index contributed by atoms with van der Waals surface area (Å²) in [5, 5.41) is 8.04. The smallest absolute Gasteiger partial charge is 0.229 e. The van der Waals surface area contributed by atoms with Gasteiger partial charge in [-0.3, -0.25) is 9.78 Å². The van der Waals surface area contributed by atoms with Gasteiger partial charge in [-0.25, -0.2) is 0 Å². The van der Waals surface area contributed by atoms with Crippen LogP contribution in [0.4, 0.5) is 11.4 Å². The average Bonchev–Trinajstić information content (AvgIpc) is 3.45. The van der Waals surface area contributed by atoms with Gasteiger partial charge in [0.25, 0.3) is 0 Å². The minimum absolute atomic E-state index is 0.105. The molecule has 5 rings (SSSR count). The molecule has 0 bridgehead atoms. The summed E-state index contributed by atoms with van der Waals surface area (Å²) < 4.78 is 7.84. The van der Waals surface area contributed by atoms with Crippen LogP contribution >= 0.6 is 35.4 Å². The van der Waals surface area contributed by atoms with Gasteiger partial charge in [0.1, 0.15) is 5.75 Å². The molecule has 0 aliphatic carbocycles. The van der Waals surface area contributed by atoms with Crippen LogP contribution in [0.1, 0.15) is 55.5 Å². The van der Waals surface area contributed by atoms with Crippen LogP contribution in [0.3, 0.4) is 0 Å². The molecular formula is C32H33Cl2N5O2S. The lowest BCUT2D eigenvalue weighted by Gasteiger charge is -2.29. The van der Waals surface area contributed by atoms with Crippen LogP contribution in [0.25, 0.3) is 5.69 Å². The summed E-state index contributed by atoms with van der Waals surface area (Å²) in [6.07, 6.45) is 1.78. The van der Waals surface area contributed by atoms with Crippen molar-refractivity contribution < 1.29 is 9.53 Å². The monoisotopic (exact) mass is 621 g/mol. The molecule has 10 heteroatoms. The first-order chi connectivity index (χ1) is 19.9. The van der Waals surface area contributed by atoms with Crippen LogP contribution in [0.2, 0.25) is 10.0 Å². The van der Waals surface area contributed by atoms with Crippen molar-refractivity contribution in [2.75, 3.05) is 17.3 Å². The Morgan fingerprint density at radius 3 is 2.50 bits per heavy atom. The van der Waals surface area contributed by atoms with Crippen LogP contribution in [0.5, 0.6) is 5.75 Å². The van der Waals surface area contributed by atoms with E-state index in [1.807, 2.05) is 76.2 Å². The fraction of sp³-hybridized carbons (Fsp3) is 0.281. The minimum Gasteiger partial charge on any atom is -0.494 e. The lowest BCUT2D eigenvalue weighted by atomic mass is 9.95. The van der Waals surface area contributed by atoms with Crippen LogP contribution in [-0.2, 0) is 4.79 Å². The Labute approximate surface area is 261 Å². The number of aryl methyl sites for hydroxylation is 1. The second-order valence-electron chi connectivity index (χ2n) is 11.3. The molecule has 2 atom stereocenters. The molecule has 218 valence electrons. The minimum atomic E-state index is -0.556. The number of aromatic nitrogens is 2. The van der Waals surface area contributed by atoms with Gasteiger partial charge in [0, 0.05) is 34.8 Å². The van der Waals surface area contributed by atoms with Crippen molar-refractivity contribution >= 4 is 57.8 Å². The highest BCUT2D eigenvalue weighted by Crippen LogP contribution is 2.45. The normalized spacial score (nSPS) is 16.9. The molecule has 4 aromatic rings. The second-order valence-corrected chi connectivity index (χ2v) is 12.5. The number of hydrogen-bond acceptors (Lipinski definition) is 4. The van der Waals surface area contributed by atoms with Crippen LogP contribution < -0.4 is 20.3 Å². The number of carbonyl (C=O) groups excluding carboxylic acids is 1. The quantitative estimate of drug-likeness (QED) is 0.213. The molecule has 3 heterocycles. The van der Waals surface area contributed by atoms with Gasteiger partial charge in [-0.15, -0.1) is 0 Å². The Morgan fingerprint density at radius 1 is 1.07 bits per heavy atom. The SMILES string of the molecule is COc1cc(N2C(=S)N[C@H](c3ccccn3)[C@@H]2c2cc(C)n(-c3cccc(Cl)c3Cl)c2C)ccc1NC(=O)C(C)(C)C. The number of nitrogens with zero attached hydrogens (tertiary/aromatic N) is 3. The topological polar surface area (TPSA) is 71.4 Å². The van der Waals surface area contributed by atoms with Gasteiger partial charge in [-0.05, 0) is 74.1 Å². The molecule has 1 aliphatic heterocycles. The summed E-state index contributed by atoms with van der Waals surface area (Å²) in [6.45, 7) is 9.72. The van der Waals surface area contributed by atoms with E-state index in [1.54, 1.807) is 19.4 Å². The van der Waals surface area contributed by atoms with Crippen molar-refractivity contribution in [3.8, 4) is 11.4 Å². The Balaban J connectivity index is 1.64. The molecule has 42 heavy (non-hydrogen) atoms. The van der Waals surface area contributed by atoms with Crippen molar-refractivity contribution in [1.29, 1.82) is 0 Å². The fourth-order valence-electron chi connectivity index (χ4n) is 5.31. The van der Waals surface area contributed by atoms with Gasteiger partial charge in [0.2, 0.25) is 5.91 Å². The molecule has 0 saturated carbocycles. The third-order valence-electron chi connectivity index (χ3n) is 7.45. The molecule has 0 spiro atoms. The van der Waals surface area contributed by atoms with Gasteiger partial charge in [0.15, 0.2) is 5.11 Å². The Hall–Kier alpha value is -3.59. The highest BCUT2D eigenvalue weighted by molar-refractivity contribution is 7.80. The van der Waals surface area contributed by atoms with E-state index in [4.69, 9.17) is 40.2 Å². The molecule has 2 aromatic carbocycles. The summed E-state index contributed by atoms with van der Waals surface area (Å²) in [6, 6.07) is 18.8. The second kappa shape index (κ2) is 11.6. The lowest BCUT2D eigenvalue weighted by molar-refractivity contribution is -0.123. The summed E-state index contributed by atoms with van der Waals surface area (Å²) in [7, 11) is 1.59. The largest absolute Gasteiger partial charge is 0.494 e. The van der Waals surface area contributed by atoms with Crippen molar-refractivity contribution in [2.45, 2.75) is 46.7 Å².